The summed E-state index contributed by atoms with van der Waals surface area (Å²) in [5.41, 5.74) is 7.17. The summed E-state index contributed by atoms with van der Waals surface area (Å²) in [6, 6.07) is 10.7. The lowest BCUT2D eigenvalue weighted by molar-refractivity contribution is 0.883. The van der Waals surface area contributed by atoms with Crippen LogP contribution in [0.15, 0.2) is 41.9 Å². The molecule has 3 rings (SSSR count). The van der Waals surface area contributed by atoms with Crippen molar-refractivity contribution < 1.29 is 0 Å². The van der Waals surface area contributed by atoms with E-state index in [1.54, 1.807) is 11.3 Å². The van der Waals surface area contributed by atoms with E-state index in [-0.39, 0.29) is 0 Å². The molecule has 3 heteroatoms. The number of aryl methyl sites for hydroxylation is 3. The van der Waals surface area contributed by atoms with Crippen LogP contribution in [0.4, 0.5) is 0 Å². The lowest BCUT2D eigenvalue weighted by atomic mass is 10.1. The van der Waals surface area contributed by atoms with Crippen LogP contribution in [-0.4, -0.2) is 9.97 Å². The van der Waals surface area contributed by atoms with Crippen molar-refractivity contribution in [3.05, 3.63) is 58.7 Å². The molecule has 2 aromatic heterocycles. The van der Waals surface area contributed by atoms with Gasteiger partial charge in [-0.25, -0.2) is 4.98 Å². The molecule has 1 aromatic carbocycles. The summed E-state index contributed by atoms with van der Waals surface area (Å²) in [4.78, 5) is 9.23. The van der Waals surface area contributed by atoms with Gasteiger partial charge < -0.3 is 0 Å². The van der Waals surface area contributed by atoms with E-state index >= 15 is 0 Å². The third-order valence-electron chi connectivity index (χ3n) is 3.88. The number of thiazole rings is 1. The molecule has 0 aliphatic heterocycles. The largest absolute Gasteiger partial charge is 0.261 e. The average molecular weight is 308 g/mol. The summed E-state index contributed by atoms with van der Waals surface area (Å²) in [6.07, 6.45) is 4.02. The molecule has 0 fully saturated rings. The molecule has 0 aliphatic carbocycles. The Balaban J connectivity index is 1.93. The number of pyridine rings is 1. The van der Waals surface area contributed by atoms with Crippen molar-refractivity contribution in [2.75, 3.05) is 0 Å². The normalized spacial score (nSPS) is 10.9. The molecule has 22 heavy (non-hydrogen) atoms. The number of hydrogen-bond acceptors (Lipinski definition) is 3. The predicted octanol–water partition coefficient (Wildman–Crippen LogP) is 5.44. The second kappa shape index (κ2) is 6.41. The maximum absolute atomic E-state index is 4.81. The molecule has 0 radical (unpaired) electrons. The highest BCUT2D eigenvalue weighted by Crippen LogP contribution is 2.29. The van der Waals surface area contributed by atoms with Crippen LogP contribution in [-0.2, 0) is 6.42 Å². The van der Waals surface area contributed by atoms with Gasteiger partial charge in [0.1, 0.15) is 5.01 Å². The van der Waals surface area contributed by atoms with Crippen molar-refractivity contribution in [3.63, 3.8) is 0 Å². The number of rotatable bonds is 4. The molecule has 112 valence electrons. The van der Waals surface area contributed by atoms with Crippen molar-refractivity contribution >= 4 is 11.3 Å². The SMILES string of the molecule is CCCc1cc(-c2nc(-c3ccc(C)c(C)c3)cs2)ccn1. The molecule has 0 unspecified atom stereocenters. The molecule has 0 atom stereocenters. The lowest BCUT2D eigenvalue weighted by Gasteiger charge is -2.03. The first-order valence-corrected chi connectivity index (χ1v) is 8.54. The van der Waals surface area contributed by atoms with E-state index in [4.69, 9.17) is 4.98 Å². The molecule has 0 saturated heterocycles. The summed E-state index contributed by atoms with van der Waals surface area (Å²) in [5, 5.41) is 3.20. The minimum Gasteiger partial charge on any atom is -0.261 e. The van der Waals surface area contributed by atoms with Crippen molar-refractivity contribution in [3.8, 4) is 21.8 Å². The minimum absolute atomic E-state index is 1.02. The number of benzene rings is 1. The third kappa shape index (κ3) is 3.09. The van der Waals surface area contributed by atoms with Gasteiger partial charge in [0.05, 0.1) is 5.69 Å². The Labute approximate surface area is 135 Å². The number of nitrogens with zero attached hydrogens (tertiary/aromatic N) is 2. The van der Waals surface area contributed by atoms with Crippen LogP contribution in [0.2, 0.25) is 0 Å². The molecule has 0 N–H and O–H groups in total. The Morgan fingerprint density at radius 3 is 2.64 bits per heavy atom. The molecule has 0 spiro atoms. The van der Waals surface area contributed by atoms with Gasteiger partial charge in [-0.1, -0.05) is 25.5 Å². The van der Waals surface area contributed by atoms with Gasteiger partial charge in [-0.2, -0.15) is 0 Å². The first kappa shape index (κ1) is 14.9. The molecule has 2 heterocycles. The monoisotopic (exact) mass is 308 g/mol. The zero-order valence-electron chi connectivity index (χ0n) is 13.3. The maximum Gasteiger partial charge on any atom is 0.124 e. The predicted molar refractivity (Wildman–Crippen MR) is 94.3 cm³/mol. The summed E-state index contributed by atoms with van der Waals surface area (Å²) in [7, 11) is 0. The molecule has 2 nitrogen and oxygen atoms in total. The van der Waals surface area contributed by atoms with E-state index in [2.05, 4.69) is 55.4 Å². The first-order valence-electron chi connectivity index (χ1n) is 7.66. The Hall–Kier alpha value is -2.00. The van der Waals surface area contributed by atoms with Crippen LogP contribution in [0.1, 0.15) is 30.2 Å². The highest BCUT2D eigenvalue weighted by molar-refractivity contribution is 7.13. The van der Waals surface area contributed by atoms with Gasteiger partial charge in [0.15, 0.2) is 0 Å². The number of aromatic nitrogens is 2. The average Bonchev–Trinajstić information content (AvgIpc) is 3.01. The van der Waals surface area contributed by atoms with Crippen molar-refractivity contribution in [1.29, 1.82) is 0 Å². The Morgan fingerprint density at radius 2 is 1.86 bits per heavy atom. The van der Waals surface area contributed by atoms with Gasteiger partial charge in [0.2, 0.25) is 0 Å². The van der Waals surface area contributed by atoms with Gasteiger partial charge in [0.25, 0.3) is 0 Å². The van der Waals surface area contributed by atoms with Gasteiger partial charge in [-0.15, -0.1) is 11.3 Å². The summed E-state index contributed by atoms with van der Waals surface area (Å²) < 4.78 is 0. The second-order valence-electron chi connectivity index (χ2n) is 5.62. The van der Waals surface area contributed by atoms with E-state index in [1.165, 1.54) is 22.3 Å². The van der Waals surface area contributed by atoms with Crippen LogP contribution in [0.25, 0.3) is 21.8 Å². The van der Waals surface area contributed by atoms with Crippen molar-refractivity contribution in [2.24, 2.45) is 0 Å². The maximum atomic E-state index is 4.81. The molecular weight excluding hydrogens is 288 g/mol. The highest BCUT2D eigenvalue weighted by atomic mass is 32.1. The van der Waals surface area contributed by atoms with Crippen LogP contribution in [0.5, 0.6) is 0 Å². The van der Waals surface area contributed by atoms with Crippen molar-refractivity contribution in [1.82, 2.24) is 9.97 Å². The van der Waals surface area contributed by atoms with E-state index < -0.39 is 0 Å². The Kier molecular flexibility index (Phi) is 4.34. The van der Waals surface area contributed by atoms with Gasteiger partial charge in [0, 0.05) is 28.4 Å². The van der Waals surface area contributed by atoms with Gasteiger partial charge in [-0.05, 0) is 49.6 Å². The topological polar surface area (TPSA) is 25.8 Å². The van der Waals surface area contributed by atoms with Crippen LogP contribution >= 0.6 is 11.3 Å². The summed E-state index contributed by atoms with van der Waals surface area (Å²) >= 11 is 1.70. The fraction of sp³-hybridized carbons (Fsp3) is 0.263. The Morgan fingerprint density at radius 1 is 1.00 bits per heavy atom. The van der Waals surface area contributed by atoms with E-state index in [0.717, 1.165) is 29.2 Å². The fourth-order valence-electron chi connectivity index (χ4n) is 2.44. The zero-order chi connectivity index (χ0) is 15.5. The molecule has 0 bridgehead atoms. The van der Waals surface area contributed by atoms with E-state index in [1.807, 2.05) is 12.3 Å². The van der Waals surface area contributed by atoms with E-state index in [0.29, 0.717) is 0 Å². The molecular formula is C19H20N2S. The third-order valence-corrected chi connectivity index (χ3v) is 4.77. The fourth-order valence-corrected chi connectivity index (χ4v) is 3.27. The smallest absolute Gasteiger partial charge is 0.124 e. The lowest BCUT2D eigenvalue weighted by Crippen LogP contribution is -1.89. The molecule has 3 aromatic rings. The zero-order valence-corrected chi connectivity index (χ0v) is 14.1. The van der Waals surface area contributed by atoms with Gasteiger partial charge >= 0.3 is 0 Å². The summed E-state index contributed by atoms with van der Waals surface area (Å²) in [5.74, 6) is 0. The molecule has 0 aliphatic rings. The second-order valence-corrected chi connectivity index (χ2v) is 6.48. The Bertz CT molecular complexity index is 790. The van der Waals surface area contributed by atoms with Crippen LogP contribution < -0.4 is 0 Å². The van der Waals surface area contributed by atoms with Crippen molar-refractivity contribution in [2.45, 2.75) is 33.6 Å². The van der Waals surface area contributed by atoms with E-state index in [9.17, 15) is 0 Å². The van der Waals surface area contributed by atoms with Crippen LogP contribution in [0, 0.1) is 13.8 Å². The van der Waals surface area contributed by atoms with Crippen LogP contribution in [0.3, 0.4) is 0 Å². The number of hydrogen-bond donors (Lipinski definition) is 0. The molecule has 0 amide bonds. The van der Waals surface area contributed by atoms with Gasteiger partial charge in [-0.3, -0.25) is 4.98 Å². The standard InChI is InChI=1S/C19H20N2S/c1-4-5-17-11-16(8-9-20-17)19-21-18(12-22-19)15-7-6-13(2)14(3)10-15/h6-12H,4-5H2,1-3H3. The highest BCUT2D eigenvalue weighted by Gasteiger charge is 2.08. The minimum atomic E-state index is 1.02. The molecule has 0 saturated carbocycles. The summed E-state index contributed by atoms with van der Waals surface area (Å²) in [6.45, 7) is 6.46. The quantitative estimate of drug-likeness (QED) is 0.641. The first-order chi connectivity index (χ1) is 10.7.